The van der Waals surface area contributed by atoms with Crippen molar-refractivity contribution in [3.8, 4) is 11.5 Å². The second kappa shape index (κ2) is 5.85. The minimum Gasteiger partial charge on any atom is -0.454 e. The maximum Gasteiger partial charge on any atom is 0.260 e. The van der Waals surface area contributed by atoms with Crippen molar-refractivity contribution >= 4 is 23.2 Å². The molecule has 0 spiro atoms. The van der Waals surface area contributed by atoms with Crippen LogP contribution in [-0.4, -0.2) is 41.0 Å². The van der Waals surface area contributed by atoms with Crippen LogP contribution in [-0.2, 0) is 16.1 Å². The second-order valence-corrected chi connectivity index (χ2v) is 7.52. The Bertz CT molecular complexity index is 740. The number of nitrogens with one attached hydrogen (secondary N) is 1. The molecule has 2 saturated heterocycles. The zero-order valence-corrected chi connectivity index (χ0v) is 14.6. The first-order chi connectivity index (χ1) is 12.2. The van der Waals surface area contributed by atoms with Crippen LogP contribution >= 0.6 is 12.2 Å². The van der Waals surface area contributed by atoms with Gasteiger partial charge in [-0.25, -0.2) is 0 Å². The van der Waals surface area contributed by atoms with Gasteiger partial charge in [-0.05, 0) is 42.8 Å². The molecule has 1 amide bonds. The van der Waals surface area contributed by atoms with Gasteiger partial charge in [-0.3, -0.25) is 9.69 Å². The largest absolute Gasteiger partial charge is 0.454 e. The smallest absolute Gasteiger partial charge is 0.260 e. The van der Waals surface area contributed by atoms with Crippen molar-refractivity contribution < 1.29 is 19.0 Å². The highest BCUT2D eigenvalue weighted by molar-refractivity contribution is 7.80. The standard InChI is InChI=1S/C18H20N2O4S/c21-17-16-15(11-3-1-2-4-12(11)24-16)19-18(25)20(17)8-10-5-6-13-14(7-10)23-9-22-13/h5-7,11-12,15-16H,1-4,8-9H2,(H,19,25). The van der Waals surface area contributed by atoms with Gasteiger partial charge in [-0.15, -0.1) is 0 Å². The molecule has 4 unspecified atom stereocenters. The Kier molecular flexibility index (Phi) is 3.60. The number of rotatable bonds is 2. The van der Waals surface area contributed by atoms with Crippen molar-refractivity contribution in [3.05, 3.63) is 23.8 Å². The molecule has 3 aliphatic heterocycles. The number of fused-ring (bicyclic) bond motifs is 4. The third kappa shape index (κ3) is 2.48. The molecule has 1 aromatic rings. The summed E-state index contributed by atoms with van der Waals surface area (Å²) in [5.41, 5.74) is 0.954. The first-order valence-electron chi connectivity index (χ1n) is 8.86. The van der Waals surface area contributed by atoms with Gasteiger partial charge in [0.15, 0.2) is 22.7 Å². The van der Waals surface area contributed by atoms with E-state index < -0.39 is 6.10 Å². The molecule has 1 aromatic carbocycles. The number of ether oxygens (including phenoxy) is 3. The van der Waals surface area contributed by atoms with Crippen molar-refractivity contribution in [2.45, 2.75) is 50.5 Å². The Balaban J connectivity index is 1.36. The first kappa shape index (κ1) is 15.4. The molecule has 6 nitrogen and oxygen atoms in total. The van der Waals surface area contributed by atoms with Crippen LogP contribution in [0.1, 0.15) is 31.2 Å². The van der Waals surface area contributed by atoms with E-state index in [1.54, 1.807) is 4.90 Å². The van der Waals surface area contributed by atoms with Crippen LogP contribution in [0.3, 0.4) is 0 Å². The highest BCUT2D eigenvalue weighted by Gasteiger charge is 2.52. The van der Waals surface area contributed by atoms with E-state index in [0.717, 1.165) is 24.2 Å². The zero-order valence-electron chi connectivity index (χ0n) is 13.8. The Labute approximate surface area is 151 Å². The highest BCUT2D eigenvalue weighted by Crippen LogP contribution is 2.40. The van der Waals surface area contributed by atoms with E-state index in [4.69, 9.17) is 26.4 Å². The number of carbonyl (C=O) groups excluding carboxylic acids is 1. The summed E-state index contributed by atoms with van der Waals surface area (Å²) in [5, 5.41) is 3.89. The summed E-state index contributed by atoms with van der Waals surface area (Å²) in [7, 11) is 0. The number of nitrogens with zero attached hydrogens (tertiary/aromatic N) is 1. The van der Waals surface area contributed by atoms with Crippen LogP contribution in [0.4, 0.5) is 0 Å². The highest BCUT2D eigenvalue weighted by atomic mass is 32.1. The Morgan fingerprint density at radius 2 is 2.04 bits per heavy atom. The average molecular weight is 360 g/mol. The summed E-state index contributed by atoms with van der Waals surface area (Å²) in [6.45, 7) is 0.644. The molecule has 25 heavy (non-hydrogen) atoms. The number of amides is 1. The van der Waals surface area contributed by atoms with Gasteiger partial charge in [-0.2, -0.15) is 0 Å². The van der Waals surface area contributed by atoms with Gasteiger partial charge in [0.05, 0.1) is 18.7 Å². The summed E-state index contributed by atoms with van der Waals surface area (Å²) in [5.74, 6) is 1.81. The molecule has 0 bridgehead atoms. The molecule has 0 aromatic heterocycles. The topological polar surface area (TPSA) is 60.0 Å². The average Bonchev–Trinajstić information content (AvgIpc) is 3.23. The van der Waals surface area contributed by atoms with Crippen molar-refractivity contribution in [2.75, 3.05) is 6.79 Å². The third-order valence-electron chi connectivity index (χ3n) is 5.68. The maximum absolute atomic E-state index is 13.0. The fourth-order valence-electron chi connectivity index (χ4n) is 4.44. The van der Waals surface area contributed by atoms with Crippen molar-refractivity contribution in [1.82, 2.24) is 10.2 Å². The SMILES string of the molecule is O=C1C2OC3CCCCC3C2NC(=S)N1Cc1ccc2c(c1)OCO2. The van der Waals surface area contributed by atoms with Crippen LogP contribution < -0.4 is 14.8 Å². The molecular formula is C18H20N2O4S. The van der Waals surface area contributed by atoms with E-state index in [2.05, 4.69) is 5.32 Å². The Hall–Kier alpha value is -1.86. The van der Waals surface area contributed by atoms with E-state index in [1.165, 1.54) is 12.8 Å². The van der Waals surface area contributed by atoms with E-state index in [-0.39, 0.29) is 24.8 Å². The van der Waals surface area contributed by atoms with Gasteiger partial charge in [-0.1, -0.05) is 18.9 Å². The minimum absolute atomic E-state index is 0.0262. The molecule has 7 heteroatoms. The predicted octanol–water partition coefficient (Wildman–Crippen LogP) is 1.96. The van der Waals surface area contributed by atoms with E-state index in [1.807, 2.05) is 18.2 Å². The fourth-order valence-corrected chi connectivity index (χ4v) is 4.73. The van der Waals surface area contributed by atoms with Crippen molar-refractivity contribution in [2.24, 2.45) is 5.92 Å². The zero-order chi connectivity index (χ0) is 17.0. The fraction of sp³-hybridized carbons (Fsp3) is 0.556. The summed E-state index contributed by atoms with van der Waals surface area (Å²) in [6.07, 6.45) is 4.30. The van der Waals surface area contributed by atoms with Crippen LogP contribution in [0.25, 0.3) is 0 Å². The van der Waals surface area contributed by atoms with Crippen LogP contribution in [0.15, 0.2) is 18.2 Å². The van der Waals surface area contributed by atoms with Crippen LogP contribution in [0.2, 0.25) is 0 Å². The summed E-state index contributed by atoms with van der Waals surface area (Å²) < 4.78 is 16.9. The molecule has 1 aliphatic carbocycles. The van der Waals surface area contributed by atoms with Gasteiger partial charge in [0.1, 0.15) is 0 Å². The number of thiocarbonyl (C=S) groups is 1. The van der Waals surface area contributed by atoms with Gasteiger partial charge in [0.2, 0.25) is 6.79 Å². The quantitative estimate of drug-likeness (QED) is 0.814. The molecule has 4 aliphatic rings. The molecule has 3 heterocycles. The molecule has 1 N–H and O–H groups in total. The number of hydrogen-bond donors (Lipinski definition) is 1. The van der Waals surface area contributed by atoms with Gasteiger partial charge in [0, 0.05) is 5.92 Å². The monoisotopic (exact) mass is 360 g/mol. The van der Waals surface area contributed by atoms with Crippen LogP contribution in [0, 0.1) is 5.92 Å². The Morgan fingerprint density at radius 1 is 1.20 bits per heavy atom. The normalized spacial score (nSPS) is 33.0. The van der Waals surface area contributed by atoms with E-state index in [0.29, 0.717) is 23.3 Å². The van der Waals surface area contributed by atoms with Gasteiger partial charge >= 0.3 is 0 Å². The molecule has 1 saturated carbocycles. The Morgan fingerprint density at radius 3 is 2.96 bits per heavy atom. The number of carbonyl (C=O) groups is 1. The summed E-state index contributed by atoms with van der Waals surface area (Å²) in [4.78, 5) is 14.6. The van der Waals surface area contributed by atoms with E-state index in [9.17, 15) is 4.79 Å². The second-order valence-electron chi connectivity index (χ2n) is 7.13. The van der Waals surface area contributed by atoms with E-state index >= 15 is 0 Å². The molecule has 5 rings (SSSR count). The molecule has 0 radical (unpaired) electrons. The maximum atomic E-state index is 13.0. The predicted molar refractivity (Wildman–Crippen MR) is 93.3 cm³/mol. The number of hydrogen-bond acceptors (Lipinski definition) is 5. The van der Waals surface area contributed by atoms with Gasteiger partial charge in [0.25, 0.3) is 5.91 Å². The minimum atomic E-state index is -0.422. The third-order valence-corrected chi connectivity index (χ3v) is 6.02. The van der Waals surface area contributed by atoms with Crippen molar-refractivity contribution in [1.29, 1.82) is 0 Å². The lowest BCUT2D eigenvalue weighted by atomic mass is 9.82. The summed E-state index contributed by atoms with van der Waals surface area (Å²) in [6, 6.07) is 5.73. The molecule has 132 valence electrons. The summed E-state index contributed by atoms with van der Waals surface area (Å²) >= 11 is 5.50. The number of benzene rings is 1. The lowest BCUT2D eigenvalue weighted by Crippen LogP contribution is -2.62. The van der Waals surface area contributed by atoms with Crippen molar-refractivity contribution in [3.63, 3.8) is 0 Å². The first-order valence-corrected chi connectivity index (χ1v) is 9.27. The molecule has 4 atom stereocenters. The van der Waals surface area contributed by atoms with Gasteiger partial charge < -0.3 is 19.5 Å². The lowest BCUT2D eigenvalue weighted by molar-refractivity contribution is -0.141. The molecule has 3 fully saturated rings. The molecular weight excluding hydrogens is 340 g/mol. The lowest BCUT2D eigenvalue weighted by Gasteiger charge is -2.37. The van der Waals surface area contributed by atoms with Crippen LogP contribution in [0.5, 0.6) is 11.5 Å².